The summed E-state index contributed by atoms with van der Waals surface area (Å²) in [5, 5.41) is 7.75. The topological polar surface area (TPSA) is 67.6 Å². The number of pyridine rings is 1. The number of fused-ring (bicyclic) bond motifs is 1. The van der Waals surface area contributed by atoms with Crippen LogP contribution >= 0.6 is 34.9 Å². The Morgan fingerprint density at radius 3 is 2.73 bits per heavy atom. The van der Waals surface area contributed by atoms with E-state index in [4.69, 9.17) is 16.3 Å². The molecule has 1 saturated carbocycles. The van der Waals surface area contributed by atoms with Crippen molar-refractivity contribution in [3.05, 3.63) is 22.4 Å². The zero-order valence-electron chi connectivity index (χ0n) is 16.1. The van der Waals surface area contributed by atoms with Crippen molar-refractivity contribution in [2.75, 3.05) is 31.2 Å². The molecule has 0 bridgehead atoms. The van der Waals surface area contributed by atoms with Crippen LogP contribution in [0.2, 0.25) is 5.15 Å². The van der Waals surface area contributed by atoms with Gasteiger partial charge >= 0.3 is 0 Å². The fourth-order valence-electron chi connectivity index (χ4n) is 3.25. The highest BCUT2D eigenvalue weighted by atomic mass is 35.5. The van der Waals surface area contributed by atoms with Crippen molar-refractivity contribution in [1.82, 2.24) is 24.3 Å². The van der Waals surface area contributed by atoms with E-state index >= 15 is 0 Å². The van der Waals surface area contributed by atoms with Gasteiger partial charge in [-0.15, -0.1) is 10.2 Å². The Morgan fingerprint density at radius 2 is 2.07 bits per heavy atom. The summed E-state index contributed by atoms with van der Waals surface area (Å²) in [5.41, 5.74) is 2.22. The van der Waals surface area contributed by atoms with Gasteiger partial charge in [-0.3, -0.25) is 9.12 Å². The van der Waals surface area contributed by atoms with Gasteiger partial charge in [-0.1, -0.05) is 22.9 Å². The minimum Gasteiger partial charge on any atom is -0.378 e. The van der Waals surface area contributed by atoms with E-state index in [2.05, 4.69) is 37.8 Å². The summed E-state index contributed by atoms with van der Waals surface area (Å²) in [6, 6.07) is 2.09. The minimum atomic E-state index is -2.67. The lowest BCUT2D eigenvalue weighted by molar-refractivity contribution is 0.123. The SMILES string of the molecule is CC1(NSc2cc(N3CCOCC3)c3nc(Cl)c(-c4nnc(C(F)F)s4)n3c2)CC1. The summed E-state index contributed by atoms with van der Waals surface area (Å²) in [4.78, 5) is 7.73. The molecule has 2 aliphatic rings. The second kappa shape index (κ2) is 7.86. The largest absolute Gasteiger partial charge is 0.378 e. The third kappa shape index (κ3) is 3.89. The molecule has 2 fully saturated rings. The zero-order chi connectivity index (χ0) is 20.9. The Kier molecular flexibility index (Phi) is 5.34. The lowest BCUT2D eigenvalue weighted by Gasteiger charge is -2.29. The van der Waals surface area contributed by atoms with Crippen LogP contribution in [0.4, 0.5) is 14.5 Å². The highest BCUT2D eigenvalue weighted by Gasteiger charge is 2.37. The molecule has 1 saturated heterocycles. The Labute approximate surface area is 184 Å². The van der Waals surface area contributed by atoms with Crippen LogP contribution in [-0.2, 0) is 4.74 Å². The molecule has 0 unspecified atom stereocenters. The number of halogens is 3. The molecule has 0 atom stereocenters. The molecule has 1 aliphatic heterocycles. The van der Waals surface area contributed by atoms with Crippen LogP contribution in [0.3, 0.4) is 0 Å². The number of aromatic nitrogens is 4. The van der Waals surface area contributed by atoms with Crippen LogP contribution in [0.25, 0.3) is 16.3 Å². The molecule has 1 N–H and O–H groups in total. The molecule has 3 aromatic heterocycles. The smallest absolute Gasteiger partial charge is 0.291 e. The highest BCUT2D eigenvalue weighted by Crippen LogP contribution is 2.40. The van der Waals surface area contributed by atoms with E-state index in [1.807, 2.05) is 10.6 Å². The lowest BCUT2D eigenvalue weighted by atomic mass is 10.3. The molecule has 5 rings (SSSR count). The Morgan fingerprint density at radius 1 is 1.30 bits per heavy atom. The normalized spacial score (nSPS) is 18.5. The van der Waals surface area contributed by atoms with E-state index in [-0.39, 0.29) is 15.7 Å². The maximum absolute atomic E-state index is 13.0. The number of nitrogens with zero attached hydrogens (tertiary/aromatic N) is 5. The molecule has 0 aromatic carbocycles. The average Bonchev–Trinajstić information content (AvgIpc) is 3.13. The molecule has 4 heterocycles. The van der Waals surface area contributed by atoms with Crippen LogP contribution in [0.5, 0.6) is 0 Å². The molecule has 0 radical (unpaired) electrons. The van der Waals surface area contributed by atoms with Crippen LogP contribution in [0.1, 0.15) is 31.2 Å². The number of nitrogens with one attached hydrogen (secondary N) is 1. The maximum Gasteiger partial charge on any atom is 0.291 e. The van der Waals surface area contributed by atoms with Crippen LogP contribution in [0, 0.1) is 0 Å². The molecule has 30 heavy (non-hydrogen) atoms. The van der Waals surface area contributed by atoms with Gasteiger partial charge in [0.1, 0.15) is 5.69 Å². The first kappa shape index (κ1) is 20.4. The second-order valence-electron chi connectivity index (χ2n) is 7.62. The summed E-state index contributed by atoms with van der Waals surface area (Å²) in [6.07, 6.45) is 1.53. The number of morpholine rings is 1. The van der Waals surface area contributed by atoms with Crippen molar-refractivity contribution in [2.24, 2.45) is 0 Å². The summed E-state index contributed by atoms with van der Waals surface area (Å²) >= 11 is 8.85. The van der Waals surface area contributed by atoms with E-state index in [1.165, 1.54) is 0 Å². The predicted octanol–water partition coefficient (Wildman–Crippen LogP) is 4.43. The van der Waals surface area contributed by atoms with Gasteiger partial charge in [-0.2, -0.15) is 0 Å². The van der Waals surface area contributed by atoms with E-state index in [1.54, 1.807) is 11.9 Å². The third-order valence-corrected chi connectivity index (χ3v) is 7.48. The molecule has 7 nitrogen and oxygen atoms in total. The fraction of sp³-hybridized carbons (Fsp3) is 0.500. The fourth-order valence-corrected chi connectivity index (χ4v) is 5.21. The summed E-state index contributed by atoms with van der Waals surface area (Å²) < 4.78 is 36.9. The predicted molar refractivity (Wildman–Crippen MR) is 114 cm³/mol. The van der Waals surface area contributed by atoms with Crippen molar-refractivity contribution in [3.8, 4) is 10.7 Å². The molecule has 1 aliphatic carbocycles. The van der Waals surface area contributed by atoms with Crippen LogP contribution in [-0.4, -0.2) is 51.4 Å². The quantitative estimate of drug-likeness (QED) is 0.532. The van der Waals surface area contributed by atoms with Gasteiger partial charge in [0, 0.05) is 29.7 Å². The minimum absolute atomic E-state index is 0.152. The standard InChI is InChI=1S/C18H19ClF2N6OS2/c1-18(2-3-18)25-30-10-8-11(26-4-6-28-7-5-26)15-22-13(19)12(27(15)9-10)16-23-24-17(29-16)14(20)21/h8-9,14,25H,2-7H2,1H3. The van der Waals surface area contributed by atoms with Gasteiger partial charge in [0.05, 0.1) is 18.9 Å². The van der Waals surface area contributed by atoms with Gasteiger partial charge in [0.15, 0.2) is 20.8 Å². The van der Waals surface area contributed by atoms with Crippen LogP contribution < -0.4 is 9.62 Å². The second-order valence-corrected chi connectivity index (χ2v) is 9.86. The van der Waals surface area contributed by atoms with Gasteiger partial charge < -0.3 is 9.64 Å². The first-order valence-corrected chi connectivity index (χ1v) is 11.5. The monoisotopic (exact) mass is 472 g/mol. The number of hydrogen-bond acceptors (Lipinski definition) is 8. The van der Waals surface area contributed by atoms with Crippen molar-refractivity contribution in [1.29, 1.82) is 0 Å². The Bertz CT molecular complexity index is 1080. The van der Waals surface area contributed by atoms with E-state index in [9.17, 15) is 8.78 Å². The molecule has 3 aromatic rings. The van der Waals surface area contributed by atoms with Crippen LogP contribution in [0.15, 0.2) is 17.2 Å². The zero-order valence-corrected chi connectivity index (χ0v) is 18.5. The van der Waals surface area contributed by atoms with Gasteiger partial charge in [0.25, 0.3) is 6.43 Å². The van der Waals surface area contributed by atoms with E-state index in [0.717, 1.165) is 47.9 Å². The summed E-state index contributed by atoms with van der Waals surface area (Å²) in [7, 11) is 0. The van der Waals surface area contributed by atoms with Crippen molar-refractivity contribution in [3.63, 3.8) is 0 Å². The Hall–Kier alpha value is -1.53. The van der Waals surface area contributed by atoms with Gasteiger partial charge in [0.2, 0.25) is 0 Å². The number of alkyl halides is 2. The van der Waals surface area contributed by atoms with E-state index in [0.29, 0.717) is 29.6 Å². The molecule has 12 heteroatoms. The van der Waals surface area contributed by atoms with E-state index < -0.39 is 6.43 Å². The summed E-state index contributed by atoms with van der Waals surface area (Å²) in [5.74, 6) is 0. The number of anilines is 1. The Balaban J connectivity index is 1.61. The maximum atomic E-state index is 13.0. The first-order valence-electron chi connectivity index (χ1n) is 9.54. The molecule has 0 amide bonds. The number of hydrogen-bond donors (Lipinski definition) is 1. The number of ether oxygens (including phenoxy) is 1. The van der Waals surface area contributed by atoms with Crippen molar-refractivity contribution < 1.29 is 13.5 Å². The first-order chi connectivity index (χ1) is 14.4. The molecule has 160 valence electrons. The molecule has 0 spiro atoms. The number of imidazole rings is 1. The van der Waals surface area contributed by atoms with Crippen molar-refractivity contribution >= 4 is 46.2 Å². The number of rotatable bonds is 6. The molecular formula is C18H19ClF2N6OS2. The average molecular weight is 473 g/mol. The highest BCUT2D eigenvalue weighted by molar-refractivity contribution is 7.97. The third-order valence-electron chi connectivity index (χ3n) is 5.23. The van der Waals surface area contributed by atoms with Gasteiger partial charge in [-0.05, 0) is 37.8 Å². The van der Waals surface area contributed by atoms with Gasteiger partial charge in [-0.25, -0.2) is 13.8 Å². The molecular weight excluding hydrogens is 454 g/mol. The van der Waals surface area contributed by atoms with Crippen molar-refractivity contribution in [2.45, 2.75) is 36.6 Å². The summed E-state index contributed by atoms with van der Waals surface area (Å²) in [6.45, 7) is 4.94. The lowest BCUT2D eigenvalue weighted by Crippen LogP contribution is -2.36.